The molecule has 1 saturated carbocycles. The zero-order valence-electron chi connectivity index (χ0n) is 9.13. The van der Waals surface area contributed by atoms with Gasteiger partial charge < -0.3 is 15.4 Å². The SMILES string of the molecule is O=C(CNC1CC1)NCCC1CCOC1. The average molecular weight is 212 g/mol. The molecule has 1 aliphatic heterocycles. The van der Waals surface area contributed by atoms with E-state index in [-0.39, 0.29) is 5.91 Å². The monoisotopic (exact) mass is 212 g/mol. The molecule has 86 valence electrons. The van der Waals surface area contributed by atoms with Gasteiger partial charge in [-0.15, -0.1) is 0 Å². The topological polar surface area (TPSA) is 50.4 Å². The normalized spacial score (nSPS) is 25.5. The Morgan fingerprint density at radius 3 is 2.87 bits per heavy atom. The van der Waals surface area contributed by atoms with Crippen LogP contribution in [0.25, 0.3) is 0 Å². The number of hydrogen-bond donors (Lipinski definition) is 2. The fraction of sp³-hybridized carbons (Fsp3) is 0.909. The summed E-state index contributed by atoms with van der Waals surface area (Å²) in [6.07, 6.45) is 4.66. The Morgan fingerprint density at radius 2 is 2.20 bits per heavy atom. The predicted octanol–water partition coefficient (Wildman–Crippen LogP) is 0.281. The van der Waals surface area contributed by atoms with E-state index in [1.807, 2.05) is 0 Å². The van der Waals surface area contributed by atoms with Crippen LogP contribution >= 0.6 is 0 Å². The van der Waals surface area contributed by atoms with Gasteiger partial charge in [-0.3, -0.25) is 4.79 Å². The highest BCUT2D eigenvalue weighted by Crippen LogP contribution is 2.18. The van der Waals surface area contributed by atoms with Crippen LogP contribution in [0.1, 0.15) is 25.7 Å². The summed E-state index contributed by atoms with van der Waals surface area (Å²) in [7, 11) is 0. The Balaban J connectivity index is 1.46. The lowest BCUT2D eigenvalue weighted by Crippen LogP contribution is -2.35. The second kappa shape index (κ2) is 5.47. The van der Waals surface area contributed by atoms with Crippen molar-refractivity contribution in [1.29, 1.82) is 0 Å². The number of amides is 1. The number of rotatable bonds is 6. The minimum absolute atomic E-state index is 0.126. The molecule has 15 heavy (non-hydrogen) atoms. The van der Waals surface area contributed by atoms with Crippen molar-refractivity contribution in [1.82, 2.24) is 10.6 Å². The fourth-order valence-corrected chi connectivity index (χ4v) is 1.81. The van der Waals surface area contributed by atoms with Gasteiger partial charge >= 0.3 is 0 Å². The standard InChI is InChI=1S/C11H20N2O2/c14-11(7-13-10-1-2-10)12-5-3-9-4-6-15-8-9/h9-10,13H,1-8H2,(H,12,14). The minimum Gasteiger partial charge on any atom is -0.381 e. The highest BCUT2D eigenvalue weighted by atomic mass is 16.5. The number of ether oxygens (including phenoxy) is 1. The quantitative estimate of drug-likeness (QED) is 0.665. The first-order valence-corrected chi connectivity index (χ1v) is 5.92. The summed E-state index contributed by atoms with van der Waals surface area (Å²) < 4.78 is 5.28. The van der Waals surface area contributed by atoms with E-state index in [9.17, 15) is 4.79 Å². The molecule has 1 unspecified atom stereocenters. The summed E-state index contributed by atoms with van der Waals surface area (Å²) in [5, 5.41) is 6.13. The first-order chi connectivity index (χ1) is 7.34. The van der Waals surface area contributed by atoms with E-state index in [4.69, 9.17) is 4.74 Å². The van der Waals surface area contributed by atoms with Gasteiger partial charge in [-0.1, -0.05) is 0 Å². The Bertz CT molecular complexity index is 211. The number of carbonyl (C=O) groups excluding carboxylic acids is 1. The van der Waals surface area contributed by atoms with Crippen LogP contribution in [0, 0.1) is 5.92 Å². The van der Waals surface area contributed by atoms with Crippen molar-refractivity contribution < 1.29 is 9.53 Å². The van der Waals surface area contributed by atoms with Crippen molar-refractivity contribution >= 4 is 5.91 Å². The number of nitrogens with one attached hydrogen (secondary N) is 2. The molecule has 1 aliphatic carbocycles. The molecule has 0 spiro atoms. The van der Waals surface area contributed by atoms with Gasteiger partial charge in [0.2, 0.25) is 5.91 Å². The lowest BCUT2D eigenvalue weighted by Gasteiger charge is -2.09. The van der Waals surface area contributed by atoms with Gasteiger partial charge in [-0.25, -0.2) is 0 Å². The lowest BCUT2D eigenvalue weighted by molar-refractivity contribution is -0.120. The van der Waals surface area contributed by atoms with Crippen LogP contribution in [0.5, 0.6) is 0 Å². The molecule has 4 nitrogen and oxygen atoms in total. The molecule has 1 atom stereocenters. The van der Waals surface area contributed by atoms with Crippen molar-refractivity contribution in [2.75, 3.05) is 26.3 Å². The van der Waals surface area contributed by atoms with Crippen molar-refractivity contribution in [3.05, 3.63) is 0 Å². The van der Waals surface area contributed by atoms with Gasteiger partial charge in [-0.2, -0.15) is 0 Å². The molecule has 2 aliphatic rings. The van der Waals surface area contributed by atoms with Crippen LogP contribution in [0.2, 0.25) is 0 Å². The minimum atomic E-state index is 0.126. The van der Waals surface area contributed by atoms with Crippen LogP contribution in [0.3, 0.4) is 0 Å². The number of carbonyl (C=O) groups is 1. The van der Waals surface area contributed by atoms with Gasteiger partial charge in [0.15, 0.2) is 0 Å². The van der Waals surface area contributed by atoms with Crippen LogP contribution < -0.4 is 10.6 Å². The van der Waals surface area contributed by atoms with E-state index >= 15 is 0 Å². The lowest BCUT2D eigenvalue weighted by atomic mass is 10.1. The van der Waals surface area contributed by atoms with E-state index in [1.165, 1.54) is 12.8 Å². The molecule has 1 saturated heterocycles. The molecule has 2 fully saturated rings. The molecule has 0 aromatic rings. The molecule has 0 aromatic heterocycles. The summed E-state index contributed by atoms with van der Waals surface area (Å²) in [5.41, 5.74) is 0. The third kappa shape index (κ3) is 4.18. The third-order valence-electron chi connectivity index (χ3n) is 3.03. The van der Waals surface area contributed by atoms with Crippen molar-refractivity contribution in [2.45, 2.75) is 31.7 Å². The predicted molar refractivity (Wildman–Crippen MR) is 57.6 cm³/mol. The third-order valence-corrected chi connectivity index (χ3v) is 3.03. The first-order valence-electron chi connectivity index (χ1n) is 5.92. The zero-order chi connectivity index (χ0) is 10.5. The van der Waals surface area contributed by atoms with Crippen molar-refractivity contribution in [2.24, 2.45) is 5.92 Å². The number of hydrogen-bond acceptors (Lipinski definition) is 3. The largest absolute Gasteiger partial charge is 0.381 e. The van der Waals surface area contributed by atoms with Gasteiger partial charge in [-0.05, 0) is 31.6 Å². The molecular weight excluding hydrogens is 192 g/mol. The Kier molecular flexibility index (Phi) is 3.97. The van der Waals surface area contributed by atoms with Gasteiger partial charge in [0.25, 0.3) is 0 Å². The van der Waals surface area contributed by atoms with Gasteiger partial charge in [0.1, 0.15) is 0 Å². The molecule has 0 aromatic carbocycles. The first kappa shape index (κ1) is 10.9. The smallest absolute Gasteiger partial charge is 0.233 e. The molecule has 4 heteroatoms. The highest BCUT2D eigenvalue weighted by molar-refractivity contribution is 5.78. The summed E-state index contributed by atoms with van der Waals surface area (Å²) in [6.45, 7) is 3.03. The molecule has 0 bridgehead atoms. The van der Waals surface area contributed by atoms with E-state index in [0.717, 1.165) is 32.6 Å². The Morgan fingerprint density at radius 1 is 1.33 bits per heavy atom. The van der Waals surface area contributed by atoms with Crippen LogP contribution in [-0.4, -0.2) is 38.3 Å². The molecule has 2 N–H and O–H groups in total. The van der Waals surface area contributed by atoms with E-state index < -0.39 is 0 Å². The maximum Gasteiger partial charge on any atom is 0.233 e. The molecule has 2 rings (SSSR count). The van der Waals surface area contributed by atoms with Crippen LogP contribution in [-0.2, 0) is 9.53 Å². The summed E-state index contributed by atoms with van der Waals surface area (Å²) >= 11 is 0. The molecule has 1 heterocycles. The van der Waals surface area contributed by atoms with Crippen LogP contribution in [0.15, 0.2) is 0 Å². The second-order valence-electron chi connectivity index (χ2n) is 4.52. The summed E-state index contributed by atoms with van der Waals surface area (Å²) in [5.74, 6) is 0.780. The van der Waals surface area contributed by atoms with E-state index in [2.05, 4.69) is 10.6 Å². The second-order valence-corrected chi connectivity index (χ2v) is 4.52. The van der Waals surface area contributed by atoms with E-state index in [0.29, 0.717) is 18.5 Å². The van der Waals surface area contributed by atoms with Gasteiger partial charge in [0.05, 0.1) is 6.54 Å². The summed E-state index contributed by atoms with van der Waals surface area (Å²) in [4.78, 5) is 11.3. The molecular formula is C11H20N2O2. The Labute approximate surface area is 90.8 Å². The molecule has 1 amide bonds. The fourth-order valence-electron chi connectivity index (χ4n) is 1.81. The van der Waals surface area contributed by atoms with Crippen molar-refractivity contribution in [3.8, 4) is 0 Å². The highest BCUT2D eigenvalue weighted by Gasteiger charge is 2.21. The summed E-state index contributed by atoms with van der Waals surface area (Å²) in [6, 6.07) is 0.610. The zero-order valence-corrected chi connectivity index (χ0v) is 9.13. The van der Waals surface area contributed by atoms with E-state index in [1.54, 1.807) is 0 Å². The molecule has 0 radical (unpaired) electrons. The maximum atomic E-state index is 11.3. The van der Waals surface area contributed by atoms with Crippen LogP contribution in [0.4, 0.5) is 0 Å². The maximum absolute atomic E-state index is 11.3. The Hall–Kier alpha value is -0.610. The van der Waals surface area contributed by atoms with Gasteiger partial charge in [0, 0.05) is 25.8 Å². The average Bonchev–Trinajstić information content (AvgIpc) is 2.92. The van der Waals surface area contributed by atoms with Crippen molar-refractivity contribution in [3.63, 3.8) is 0 Å².